The summed E-state index contributed by atoms with van der Waals surface area (Å²) in [6.07, 6.45) is 4.38. The van der Waals surface area contributed by atoms with Gasteiger partial charge in [-0.05, 0) is 42.1 Å². The van der Waals surface area contributed by atoms with Gasteiger partial charge in [-0.1, -0.05) is 36.4 Å². The van der Waals surface area contributed by atoms with E-state index in [1.165, 1.54) is 10.5 Å². The molecule has 0 bridgehead atoms. The molecule has 0 aliphatic carbocycles. The van der Waals surface area contributed by atoms with Crippen molar-refractivity contribution in [3.63, 3.8) is 0 Å². The summed E-state index contributed by atoms with van der Waals surface area (Å²) in [4.78, 5) is 16.1. The van der Waals surface area contributed by atoms with E-state index in [1.54, 1.807) is 32.4 Å². The van der Waals surface area contributed by atoms with E-state index in [9.17, 15) is 4.79 Å². The standard InChI is InChI=1S/C23H27N3O3S/c1-28-20-11-10-19(17-21(20)29-2)22(27)24-23(30)26-15-13-25(14-16-26)12-6-9-18-7-4-3-5-8-18/h3-11,17H,12-16H2,1-2H3,(H,24,27,30)/p+1/b9-6+. The van der Waals surface area contributed by atoms with Gasteiger partial charge in [-0.15, -0.1) is 0 Å². The average molecular weight is 427 g/mol. The van der Waals surface area contributed by atoms with Gasteiger partial charge in [0, 0.05) is 5.56 Å². The first-order valence-electron chi connectivity index (χ1n) is 9.98. The zero-order chi connectivity index (χ0) is 21.3. The van der Waals surface area contributed by atoms with Crippen LogP contribution in [0.5, 0.6) is 11.5 Å². The number of rotatable bonds is 6. The Morgan fingerprint density at radius 3 is 2.47 bits per heavy atom. The van der Waals surface area contributed by atoms with Gasteiger partial charge < -0.3 is 19.3 Å². The first-order valence-corrected chi connectivity index (χ1v) is 10.4. The molecule has 7 heteroatoms. The lowest BCUT2D eigenvalue weighted by Crippen LogP contribution is -3.14. The normalized spacial score (nSPS) is 14.5. The molecule has 0 aromatic heterocycles. The molecule has 158 valence electrons. The van der Waals surface area contributed by atoms with Gasteiger partial charge in [0.2, 0.25) is 0 Å². The molecule has 1 amide bonds. The first-order chi connectivity index (χ1) is 14.6. The van der Waals surface area contributed by atoms with Gasteiger partial charge in [0.1, 0.15) is 0 Å². The molecule has 1 saturated heterocycles. The van der Waals surface area contributed by atoms with E-state index in [0.717, 1.165) is 32.7 Å². The number of amides is 1. The summed E-state index contributed by atoms with van der Waals surface area (Å²) in [5, 5.41) is 3.30. The number of thiocarbonyl (C=S) groups is 1. The number of carbonyl (C=O) groups excluding carboxylic acids is 1. The Labute approximate surface area is 183 Å². The predicted octanol–water partition coefficient (Wildman–Crippen LogP) is 1.63. The van der Waals surface area contributed by atoms with Crippen LogP contribution in [0.4, 0.5) is 0 Å². The SMILES string of the molecule is COc1ccc(C(=O)NC(=S)N2CC[NH+](C/C=C/c3ccccc3)CC2)cc1OC. The number of hydrogen-bond acceptors (Lipinski definition) is 4. The van der Waals surface area contributed by atoms with Crippen LogP contribution in [-0.2, 0) is 0 Å². The molecular formula is C23H28N3O3S+. The number of benzene rings is 2. The molecule has 2 aromatic carbocycles. The quantitative estimate of drug-likeness (QED) is 0.688. The highest BCUT2D eigenvalue weighted by Gasteiger charge is 2.22. The van der Waals surface area contributed by atoms with E-state index < -0.39 is 0 Å². The maximum atomic E-state index is 12.6. The average Bonchev–Trinajstić information content (AvgIpc) is 2.79. The van der Waals surface area contributed by atoms with Crippen LogP contribution in [0.25, 0.3) is 6.08 Å². The number of ether oxygens (including phenoxy) is 2. The summed E-state index contributed by atoms with van der Waals surface area (Å²) in [5.41, 5.74) is 1.69. The smallest absolute Gasteiger partial charge is 0.257 e. The molecule has 1 aliphatic heterocycles. The third kappa shape index (κ3) is 5.81. The van der Waals surface area contributed by atoms with Gasteiger partial charge in [-0.2, -0.15) is 0 Å². The number of carbonyl (C=O) groups is 1. The molecular weight excluding hydrogens is 398 g/mol. The lowest BCUT2D eigenvalue weighted by molar-refractivity contribution is -0.897. The summed E-state index contributed by atoms with van der Waals surface area (Å²) in [6.45, 7) is 4.57. The van der Waals surface area contributed by atoms with Crippen molar-refractivity contribution in [2.45, 2.75) is 0 Å². The largest absolute Gasteiger partial charge is 0.493 e. The van der Waals surface area contributed by atoms with Crippen LogP contribution >= 0.6 is 12.2 Å². The van der Waals surface area contributed by atoms with Gasteiger partial charge in [-0.25, -0.2) is 0 Å². The first kappa shape index (κ1) is 21.8. The lowest BCUT2D eigenvalue weighted by Gasteiger charge is -2.33. The molecule has 3 rings (SSSR count). The fraction of sp³-hybridized carbons (Fsp3) is 0.304. The Bertz CT molecular complexity index is 894. The Morgan fingerprint density at radius 2 is 1.80 bits per heavy atom. The summed E-state index contributed by atoms with van der Waals surface area (Å²) >= 11 is 5.46. The number of methoxy groups -OCH3 is 2. The van der Waals surface area contributed by atoms with Gasteiger partial charge in [0.25, 0.3) is 5.91 Å². The molecule has 6 nitrogen and oxygen atoms in total. The predicted molar refractivity (Wildman–Crippen MR) is 122 cm³/mol. The van der Waals surface area contributed by atoms with E-state index in [2.05, 4.69) is 34.5 Å². The van der Waals surface area contributed by atoms with Gasteiger partial charge in [0.15, 0.2) is 16.6 Å². The van der Waals surface area contributed by atoms with E-state index >= 15 is 0 Å². The zero-order valence-corrected chi connectivity index (χ0v) is 18.2. The monoisotopic (exact) mass is 426 g/mol. The van der Waals surface area contributed by atoms with Crippen LogP contribution in [0.1, 0.15) is 15.9 Å². The summed E-state index contributed by atoms with van der Waals surface area (Å²) in [5.74, 6) is 0.843. The highest BCUT2D eigenvalue weighted by Crippen LogP contribution is 2.27. The second kappa shape index (κ2) is 10.8. The van der Waals surface area contributed by atoms with Crippen LogP contribution in [0.15, 0.2) is 54.6 Å². The van der Waals surface area contributed by atoms with Crippen molar-refractivity contribution in [3.8, 4) is 11.5 Å². The minimum absolute atomic E-state index is 0.249. The van der Waals surface area contributed by atoms with Crippen molar-refractivity contribution in [1.82, 2.24) is 10.2 Å². The van der Waals surface area contributed by atoms with E-state index in [1.807, 2.05) is 18.2 Å². The second-order valence-corrected chi connectivity index (χ2v) is 7.47. The van der Waals surface area contributed by atoms with Crippen LogP contribution < -0.4 is 19.7 Å². The third-order valence-electron chi connectivity index (χ3n) is 5.14. The third-order valence-corrected chi connectivity index (χ3v) is 5.50. The topological polar surface area (TPSA) is 55.2 Å². The number of quaternary nitrogens is 1. The number of nitrogens with one attached hydrogen (secondary N) is 2. The number of piperazine rings is 1. The molecule has 2 aromatic rings. The highest BCUT2D eigenvalue weighted by molar-refractivity contribution is 7.80. The van der Waals surface area contributed by atoms with Crippen LogP contribution in [0, 0.1) is 0 Å². The molecule has 0 saturated carbocycles. The van der Waals surface area contributed by atoms with Crippen molar-refractivity contribution >= 4 is 29.3 Å². The minimum atomic E-state index is -0.249. The van der Waals surface area contributed by atoms with Crippen molar-refractivity contribution < 1.29 is 19.2 Å². The molecule has 1 heterocycles. The lowest BCUT2D eigenvalue weighted by atomic mass is 10.2. The maximum Gasteiger partial charge on any atom is 0.257 e. The van der Waals surface area contributed by atoms with E-state index in [0.29, 0.717) is 22.2 Å². The van der Waals surface area contributed by atoms with Gasteiger partial charge >= 0.3 is 0 Å². The second-order valence-electron chi connectivity index (χ2n) is 7.08. The summed E-state index contributed by atoms with van der Waals surface area (Å²) in [6, 6.07) is 15.4. The molecule has 2 N–H and O–H groups in total. The van der Waals surface area contributed by atoms with E-state index in [4.69, 9.17) is 21.7 Å². The van der Waals surface area contributed by atoms with Crippen LogP contribution in [0.3, 0.4) is 0 Å². The van der Waals surface area contributed by atoms with Crippen molar-refractivity contribution in [3.05, 3.63) is 65.7 Å². The highest BCUT2D eigenvalue weighted by atomic mass is 32.1. The molecule has 0 atom stereocenters. The van der Waals surface area contributed by atoms with Crippen LogP contribution in [-0.4, -0.2) is 62.9 Å². The molecule has 0 unspecified atom stereocenters. The summed E-state index contributed by atoms with van der Waals surface area (Å²) in [7, 11) is 3.10. The Hall–Kier alpha value is -2.90. The van der Waals surface area contributed by atoms with Crippen LogP contribution in [0.2, 0.25) is 0 Å². The van der Waals surface area contributed by atoms with E-state index in [-0.39, 0.29) is 5.91 Å². The maximum absolute atomic E-state index is 12.6. The van der Waals surface area contributed by atoms with Gasteiger partial charge in [-0.3, -0.25) is 10.1 Å². The minimum Gasteiger partial charge on any atom is -0.493 e. The fourth-order valence-corrected chi connectivity index (χ4v) is 3.66. The Morgan fingerprint density at radius 1 is 1.10 bits per heavy atom. The summed E-state index contributed by atoms with van der Waals surface area (Å²) < 4.78 is 10.5. The number of hydrogen-bond donors (Lipinski definition) is 2. The molecule has 1 fully saturated rings. The molecule has 1 aliphatic rings. The Kier molecular flexibility index (Phi) is 7.82. The zero-order valence-electron chi connectivity index (χ0n) is 17.4. The molecule has 30 heavy (non-hydrogen) atoms. The van der Waals surface area contributed by atoms with Crippen molar-refractivity contribution in [2.24, 2.45) is 0 Å². The van der Waals surface area contributed by atoms with Crippen molar-refractivity contribution in [1.29, 1.82) is 0 Å². The molecule has 0 radical (unpaired) electrons. The molecule has 0 spiro atoms. The fourth-order valence-electron chi connectivity index (χ4n) is 3.38. The van der Waals surface area contributed by atoms with Crippen molar-refractivity contribution in [2.75, 3.05) is 46.9 Å². The Balaban J connectivity index is 1.47. The van der Waals surface area contributed by atoms with Gasteiger partial charge in [0.05, 0.1) is 46.9 Å². The number of nitrogens with zero attached hydrogens (tertiary/aromatic N) is 1.